The lowest BCUT2D eigenvalue weighted by Gasteiger charge is -2.25. The van der Waals surface area contributed by atoms with E-state index in [-0.39, 0.29) is 11.6 Å². The molecule has 1 aliphatic heterocycles. The summed E-state index contributed by atoms with van der Waals surface area (Å²) in [5.74, 6) is 0. The van der Waals surface area contributed by atoms with Gasteiger partial charge in [-0.3, -0.25) is 9.36 Å². The maximum Gasteiger partial charge on any atom is 0.262 e. The van der Waals surface area contributed by atoms with E-state index in [0.29, 0.717) is 16.2 Å². The van der Waals surface area contributed by atoms with Crippen LogP contribution in [0.15, 0.2) is 23.0 Å². The van der Waals surface area contributed by atoms with E-state index in [4.69, 9.17) is 11.6 Å². The summed E-state index contributed by atoms with van der Waals surface area (Å²) in [6, 6.07) is 5.84. The van der Waals surface area contributed by atoms with Crippen molar-refractivity contribution in [1.82, 2.24) is 14.9 Å². The summed E-state index contributed by atoms with van der Waals surface area (Å²) in [5, 5.41) is 4.25. The lowest BCUT2D eigenvalue weighted by Crippen LogP contribution is -2.35. The van der Waals surface area contributed by atoms with Gasteiger partial charge in [0.1, 0.15) is 0 Å². The zero-order valence-electron chi connectivity index (χ0n) is 10.8. The fraction of sp³-hybridized carbons (Fsp3) is 0.429. The van der Waals surface area contributed by atoms with Crippen LogP contribution in [-0.4, -0.2) is 22.6 Å². The molecule has 100 valence electrons. The minimum Gasteiger partial charge on any atom is -0.317 e. The number of hydrogen-bond acceptors (Lipinski definition) is 3. The van der Waals surface area contributed by atoms with Crippen molar-refractivity contribution < 1.29 is 0 Å². The Labute approximate surface area is 116 Å². The van der Waals surface area contributed by atoms with Gasteiger partial charge in [-0.05, 0) is 56.6 Å². The van der Waals surface area contributed by atoms with Crippen LogP contribution in [-0.2, 0) is 0 Å². The molecule has 0 amide bonds. The number of nitrogens with one attached hydrogen (secondary N) is 1. The van der Waals surface area contributed by atoms with E-state index >= 15 is 0 Å². The van der Waals surface area contributed by atoms with E-state index in [1.165, 1.54) is 0 Å². The molecule has 1 aromatic heterocycles. The fourth-order valence-electron chi connectivity index (χ4n) is 2.67. The normalized spacial score (nSPS) is 16.9. The first-order chi connectivity index (χ1) is 9.16. The number of hydrogen-bond donors (Lipinski definition) is 1. The van der Waals surface area contributed by atoms with Crippen molar-refractivity contribution in [3.05, 3.63) is 39.4 Å². The molecule has 0 aliphatic carbocycles. The maximum absolute atomic E-state index is 12.6. The summed E-state index contributed by atoms with van der Waals surface area (Å²) in [6.07, 6.45) is 1.83. The van der Waals surface area contributed by atoms with Crippen molar-refractivity contribution in [3.63, 3.8) is 0 Å². The van der Waals surface area contributed by atoms with Crippen molar-refractivity contribution >= 4 is 22.5 Å². The Kier molecular flexibility index (Phi) is 3.29. The van der Waals surface area contributed by atoms with Gasteiger partial charge in [0.2, 0.25) is 5.28 Å². The summed E-state index contributed by atoms with van der Waals surface area (Å²) in [7, 11) is 0. The predicted octanol–water partition coefficient (Wildman–Crippen LogP) is 2.28. The lowest BCUT2D eigenvalue weighted by molar-refractivity contribution is 0.360. The second-order valence-electron chi connectivity index (χ2n) is 5.06. The lowest BCUT2D eigenvalue weighted by atomic mass is 10.1. The number of nitrogens with zero attached hydrogens (tertiary/aromatic N) is 2. The van der Waals surface area contributed by atoms with E-state index in [1.54, 1.807) is 4.57 Å². The maximum atomic E-state index is 12.6. The van der Waals surface area contributed by atoms with Gasteiger partial charge in [0.05, 0.1) is 10.9 Å². The van der Waals surface area contributed by atoms with Gasteiger partial charge < -0.3 is 5.32 Å². The third-order valence-corrected chi connectivity index (χ3v) is 3.95. The molecule has 0 spiro atoms. The van der Waals surface area contributed by atoms with Crippen LogP contribution in [0, 0.1) is 6.92 Å². The van der Waals surface area contributed by atoms with E-state index < -0.39 is 0 Å². The van der Waals surface area contributed by atoms with Crippen LogP contribution >= 0.6 is 11.6 Å². The van der Waals surface area contributed by atoms with Crippen LogP contribution in [0.3, 0.4) is 0 Å². The Morgan fingerprint density at radius 2 is 2.11 bits per heavy atom. The molecule has 1 N–H and O–H groups in total. The van der Waals surface area contributed by atoms with Crippen LogP contribution in [0.4, 0.5) is 0 Å². The van der Waals surface area contributed by atoms with Gasteiger partial charge in [-0.15, -0.1) is 0 Å². The third-order valence-electron chi connectivity index (χ3n) is 3.69. The Bertz CT molecular complexity index is 674. The highest BCUT2D eigenvalue weighted by Gasteiger charge is 2.20. The number of aryl methyl sites for hydroxylation is 1. The first kappa shape index (κ1) is 12.6. The van der Waals surface area contributed by atoms with E-state index in [9.17, 15) is 4.79 Å². The van der Waals surface area contributed by atoms with Crippen LogP contribution in [0.2, 0.25) is 5.28 Å². The third kappa shape index (κ3) is 2.26. The average molecular weight is 278 g/mol. The smallest absolute Gasteiger partial charge is 0.262 e. The van der Waals surface area contributed by atoms with Crippen LogP contribution in [0.25, 0.3) is 10.9 Å². The molecule has 2 aromatic rings. The first-order valence-electron chi connectivity index (χ1n) is 6.56. The van der Waals surface area contributed by atoms with Crippen molar-refractivity contribution in [2.75, 3.05) is 13.1 Å². The SMILES string of the molecule is Cc1ccc2nc(Cl)n(C3CCNCC3)c(=O)c2c1. The molecule has 1 fully saturated rings. The van der Waals surface area contributed by atoms with Gasteiger partial charge in [-0.2, -0.15) is 0 Å². The minimum atomic E-state index is -0.0226. The zero-order valence-corrected chi connectivity index (χ0v) is 11.6. The molecule has 1 aromatic carbocycles. The first-order valence-corrected chi connectivity index (χ1v) is 6.94. The molecule has 2 heterocycles. The molecule has 0 radical (unpaired) electrons. The number of piperidine rings is 1. The number of rotatable bonds is 1. The molecule has 1 aliphatic rings. The Hall–Kier alpha value is -1.39. The highest BCUT2D eigenvalue weighted by Crippen LogP contribution is 2.22. The molecule has 0 bridgehead atoms. The molecule has 3 rings (SSSR count). The van der Waals surface area contributed by atoms with Crippen LogP contribution < -0.4 is 10.9 Å². The molecular weight excluding hydrogens is 262 g/mol. The summed E-state index contributed by atoms with van der Waals surface area (Å²) < 4.78 is 1.66. The Balaban J connectivity index is 2.21. The summed E-state index contributed by atoms with van der Waals surface area (Å²) in [4.78, 5) is 17.0. The highest BCUT2D eigenvalue weighted by molar-refractivity contribution is 6.28. The number of aromatic nitrogens is 2. The van der Waals surface area contributed by atoms with Crippen LogP contribution in [0.1, 0.15) is 24.4 Å². The molecule has 0 atom stereocenters. The van der Waals surface area contributed by atoms with Gasteiger partial charge in [0.15, 0.2) is 0 Å². The molecular formula is C14H16ClN3O. The van der Waals surface area contributed by atoms with Gasteiger partial charge in [0.25, 0.3) is 5.56 Å². The van der Waals surface area contributed by atoms with Gasteiger partial charge >= 0.3 is 0 Å². The summed E-state index contributed by atoms with van der Waals surface area (Å²) in [5.41, 5.74) is 1.71. The molecule has 5 heteroatoms. The zero-order chi connectivity index (χ0) is 13.4. The second-order valence-corrected chi connectivity index (χ2v) is 5.40. The Morgan fingerprint density at radius 1 is 1.37 bits per heavy atom. The van der Waals surface area contributed by atoms with E-state index in [2.05, 4.69) is 10.3 Å². The van der Waals surface area contributed by atoms with Crippen molar-refractivity contribution in [1.29, 1.82) is 0 Å². The molecule has 19 heavy (non-hydrogen) atoms. The van der Waals surface area contributed by atoms with Gasteiger partial charge in [-0.25, -0.2) is 4.98 Å². The van der Waals surface area contributed by atoms with Crippen molar-refractivity contribution in [3.8, 4) is 0 Å². The summed E-state index contributed by atoms with van der Waals surface area (Å²) >= 11 is 6.21. The Morgan fingerprint density at radius 3 is 2.84 bits per heavy atom. The monoisotopic (exact) mass is 277 g/mol. The molecule has 1 saturated heterocycles. The quantitative estimate of drug-likeness (QED) is 0.814. The van der Waals surface area contributed by atoms with Crippen molar-refractivity contribution in [2.45, 2.75) is 25.8 Å². The molecule has 0 saturated carbocycles. The summed E-state index contributed by atoms with van der Waals surface area (Å²) in [6.45, 7) is 3.81. The largest absolute Gasteiger partial charge is 0.317 e. The van der Waals surface area contributed by atoms with E-state index in [1.807, 2.05) is 25.1 Å². The van der Waals surface area contributed by atoms with Gasteiger partial charge in [-0.1, -0.05) is 11.6 Å². The standard InChI is InChI=1S/C14H16ClN3O/c1-9-2-3-12-11(8-9)13(19)18(14(15)17-12)10-4-6-16-7-5-10/h2-3,8,10,16H,4-7H2,1H3. The molecule has 4 nitrogen and oxygen atoms in total. The van der Waals surface area contributed by atoms with Crippen LogP contribution in [0.5, 0.6) is 0 Å². The van der Waals surface area contributed by atoms with Gasteiger partial charge in [0, 0.05) is 6.04 Å². The highest BCUT2D eigenvalue weighted by atomic mass is 35.5. The fourth-order valence-corrected chi connectivity index (χ4v) is 2.97. The second kappa shape index (κ2) is 4.94. The van der Waals surface area contributed by atoms with Crippen molar-refractivity contribution in [2.24, 2.45) is 0 Å². The number of benzene rings is 1. The van der Waals surface area contributed by atoms with E-state index in [0.717, 1.165) is 31.5 Å². The topological polar surface area (TPSA) is 46.9 Å². The minimum absolute atomic E-state index is 0.0226. The number of fused-ring (bicyclic) bond motifs is 1. The predicted molar refractivity (Wildman–Crippen MR) is 76.9 cm³/mol. The number of halogens is 1. The average Bonchev–Trinajstić information content (AvgIpc) is 2.41. The molecule has 0 unspecified atom stereocenters.